The number of alkyl carbamates (subject to hydrolysis) is 1. The zero-order chi connectivity index (χ0) is 16.5. The lowest BCUT2D eigenvalue weighted by atomic mass is 9.90. The molecule has 22 heavy (non-hydrogen) atoms. The maximum absolute atomic E-state index is 12.6. The summed E-state index contributed by atoms with van der Waals surface area (Å²) in [4.78, 5) is 24.6. The Bertz CT molecular complexity index is 436. The monoisotopic (exact) mass is 311 g/mol. The van der Waals surface area contributed by atoms with Gasteiger partial charge in [0, 0.05) is 0 Å². The average Bonchev–Trinajstić information content (AvgIpc) is 2.98. The quantitative estimate of drug-likeness (QED) is 0.792. The molecule has 1 heterocycles. The van der Waals surface area contributed by atoms with Crippen LogP contribution in [0, 0.1) is 11.8 Å². The van der Waals surface area contributed by atoms with Crippen molar-refractivity contribution in [2.75, 3.05) is 6.61 Å². The van der Waals surface area contributed by atoms with E-state index in [1.54, 1.807) is 6.92 Å². The Labute approximate surface area is 133 Å². The lowest BCUT2D eigenvalue weighted by Gasteiger charge is -2.25. The summed E-state index contributed by atoms with van der Waals surface area (Å²) < 4.78 is 10.6. The second-order valence-electron chi connectivity index (χ2n) is 8.10. The molecule has 0 spiro atoms. The van der Waals surface area contributed by atoms with E-state index in [1.807, 2.05) is 20.8 Å². The van der Waals surface area contributed by atoms with Gasteiger partial charge in [0.1, 0.15) is 11.2 Å². The van der Waals surface area contributed by atoms with E-state index >= 15 is 0 Å². The fourth-order valence-electron chi connectivity index (χ4n) is 3.17. The van der Waals surface area contributed by atoms with Gasteiger partial charge in [-0.15, -0.1) is 0 Å². The van der Waals surface area contributed by atoms with E-state index in [0.29, 0.717) is 24.9 Å². The van der Waals surface area contributed by atoms with Gasteiger partial charge in [0.2, 0.25) is 0 Å². The van der Waals surface area contributed by atoms with Crippen LogP contribution in [0.5, 0.6) is 0 Å². The van der Waals surface area contributed by atoms with Gasteiger partial charge in [-0.3, -0.25) is 4.79 Å². The molecule has 1 aliphatic carbocycles. The van der Waals surface area contributed by atoms with E-state index in [-0.39, 0.29) is 5.78 Å². The van der Waals surface area contributed by atoms with E-state index < -0.39 is 23.3 Å². The van der Waals surface area contributed by atoms with Gasteiger partial charge in [0.15, 0.2) is 5.78 Å². The van der Waals surface area contributed by atoms with Gasteiger partial charge in [-0.1, -0.05) is 19.8 Å². The van der Waals surface area contributed by atoms with E-state index in [1.165, 1.54) is 6.42 Å². The van der Waals surface area contributed by atoms with Crippen LogP contribution < -0.4 is 5.32 Å². The van der Waals surface area contributed by atoms with Crippen molar-refractivity contribution >= 4 is 11.9 Å². The largest absolute Gasteiger partial charge is 0.444 e. The maximum atomic E-state index is 12.6. The van der Waals surface area contributed by atoms with Crippen LogP contribution in [0.2, 0.25) is 0 Å². The van der Waals surface area contributed by atoms with Gasteiger partial charge in [-0.2, -0.15) is 0 Å². The van der Waals surface area contributed by atoms with Crippen molar-refractivity contribution in [2.45, 2.75) is 77.5 Å². The highest BCUT2D eigenvalue weighted by molar-refractivity contribution is 5.95. The number of hydrogen-bond acceptors (Lipinski definition) is 4. The lowest BCUT2D eigenvalue weighted by Crippen LogP contribution is -2.48. The second-order valence-corrected chi connectivity index (χ2v) is 8.10. The third-order valence-electron chi connectivity index (χ3n) is 4.48. The number of carbonyl (C=O) groups excluding carboxylic acids is 2. The molecular formula is C17H29NO4. The molecule has 1 saturated heterocycles. The number of amides is 1. The Balaban J connectivity index is 1.98. The summed E-state index contributed by atoms with van der Waals surface area (Å²) >= 11 is 0. The third-order valence-corrected chi connectivity index (χ3v) is 4.48. The molecule has 1 aliphatic heterocycles. The molecule has 0 radical (unpaired) electrons. The number of carbonyl (C=O) groups is 2. The van der Waals surface area contributed by atoms with Crippen LogP contribution >= 0.6 is 0 Å². The fraction of sp³-hybridized carbons (Fsp3) is 0.882. The van der Waals surface area contributed by atoms with Crippen molar-refractivity contribution in [1.29, 1.82) is 0 Å². The van der Waals surface area contributed by atoms with Gasteiger partial charge in [-0.25, -0.2) is 4.79 Å². The van der Waals surface area contributed by atoms with E-state index in [9.17, 15) is 9.59 Å². The second kappa shape index (κ2) is 6.19. The molecule has 2 fully saturated rings. The van der Waals surface area contributed by atoms with Gasteiger partial charge >= 0.3 is 6.09 Å². The predicted molar refractivity (Wildman–Crippen MR) is 83.6 cm³/mol. The molecule has 2 rings (SSSR count). The average molecular weight is 311 g/mol. The zero-order valence-corrected chi connectivity index (χ0v) is 14.4. The van der Waals surface area contributed by atoms with Crippen LogP contribution in [0.4, 0.5) is 4.79 Å². The van der Waals surface area contributed by atoms with E-state index in [2.05, 4.69) is 12.2 Å². The minimum absolute atomic E-state index is 0.0297. The topological polar surface area (TPSA) is 67.9 Å². The van der Waals surface area contributed by atoms with Gasteiger partial charge < -0.3 is 14.8 Å². The van der Waals surface area contributed by atoms with Crippen LogP contribution in [-0.4, -0.2) is 35.7 Å². The molecule has 0 aromatic rings. The SMILES string of the molecule is CC1CCC(CC(NC(=O)OC(C)(C)C)C(=O)C2(C)CO2)C1. The molecular weight excluding hydrogens is 282 g/mol. The number of Topliss-reactive ketones (excluding diaryl/α,β-unsaturated/α-hetero) is 1. The van der Waals surface area contributed by atoms with Crippen LogP contribution in [0.3, 0.4) is 0 Å². The Morgan fingerprint density at radius 2 is 2.00 bits per heavy atom. The minimum Gasteiger partial charge on any atom is -0.444 e. The van der Waals surface area contributed by atoms with Gasteiger partial charge in [0.25, 0.3) is 0 Å². The number of nitrogens with one attached hydrogen (secondary N) is 1. The first kappa shape index (κ1) is 17.3. The molecule has 0 aromatic carbocycles. The first-order valence-electron chi connectivity index (χ1n) is 8.27. The molecule has 1 saturated carbocycles. The highest BCUT2D eigenvalue weighted by Crippen LogP contribution is 2.36. The van der Waals surface area contributed by atoms with Crippen LogP contribution in [-0.2, 0) is 14.3 Å². The Morgan fingerprint density at radius 3 is 2.45 bits per heavy atom. The number of ketones is 1. The van der Waals surface area contributed by atoms with Crippen molar-refractivity contribution in [3.8, 4) is 0 Å². The number of ether oxygens (including phenoxy) is 2. The smallest absolute Gasteiger partial charge is 0.408 e. The van der Waals surface area contributed by atoms with Crippen molar-refractivity contribution in [3.63, 3.8) is 0 Å². The summed E-state index contributed by atoms with van der Waals surface area (Å²) in [5, 5.41) is 2.77. The zero-order valence-electron chi connectivity index (χ0n) is 14.4. The first-order valence-corrected chi connectivity index (χ1v) is 8.27. The van der Waals surface area contributed by atoms with Crippen molar-refractivity contribution < 1.29 is 19.1 Å². The molecule has 1 amide bonds. The molecule has 4 unspecified atom stereocenters. The number of rotatable bonds is 5. The normalized spacial score (nSPS) is 32.4. The van der Waals surface area contributed by atoms with Gasteiger partial charge in [-0.05, 0) is 52.4 Å². The van der Waals surface area contributed by atoms with E-state index in [4.69, 9.17) is 9.47 Å². The summed E-state index contributed by atoms with van der Waals surface area (Å²) in [7, 11) is 0. The van der Waals surface area contributed by atoms with Crippen LogP contribution in [0.15, 0.2) is 0 Å². The highest BCUT2D eigenvalue weighted by Gasteiger charge is 2.50. The number of hydrogen-bond donors (Lipinski definition) is 1. The van der Waals surface area contributed by atoms with Gasteiger partial charge in [0.05, 0.1) is 12.6 Å². The Kier molecular flexibility index (Phi) is 4.85. The van der Waals surface area contributed by atoms with Crippen molar-refractivity contribution in [3.05, 3.63) is 0 Å². The Hall–Kier alpha value is -1.10. The molecule has 5 nitrogen and oxygen atoms in total. The standard InChI is InChI=1S/C17H29NO4/c1-11-6-7-12(8-11)9-13(14(19)17(5)10-21-17)18-15(20)22-16(2,3)4/h11-13H,6-10H2,1-5H3,(H,18,20). The molecule has 2 aliphatic rings. The molecule has 5 heteroatoms. The Morgan fingerprint density at radius 1 is 1.36 bits per heavy atom. The number of epoxide rings is 1. The molecule has 0 bridgehead atoms. The van der Waals surface area contributed by atoms with Crippen LogP contribution in [0.25, 0.3) is 0 Å². The maximum Gasteiger partial charge on any atom is 0.408 e. The summed E-state index contributed by atoms with van der Waals surface area (Å²) in [5.41, 5.74) is -1.29. The van der Waals surface area contributed by atoms with Crippen LogP contribution in [0.1, 0.15) is 60.3 Å². The summed E-state index contributed by atoms with van der Waals surface area (Å²) in [5.74, 6) is 1.16. The van der Waals surface area contributed by atoms with E-state index in [0.717, 1.165) is 12.8 Å². The summed E-state index contributed by atoms with van der Waals surface area (Å²) in [6.45, 7) is 9.91. The molecule has 126 valence electrons. The summed E-state index contributed by atoms with van der Waals surface area (Å²) in [6.07, 6.45) is 3.60. The third kappa shape index (κ3) is 4.70. The summed E-state index contributed by atoms with van der Waals surface area (Å²) in [6, 6.07) is -0.516. The molecule has 0 aromatic heterocycles. The molecule has 1 N–H and O–H groups in total. The van der Waals surface area contributed by atoms with Crippen molar-refractivity contribution in [1.82, 2.24) is 5.32 Å². The molecule has 4 atom stereocenters. The van der Waals surface area contributed by atoms with Crippen molar-refractivity contribution in [2.24, 2.45) is 11.8 Å². The predicted octanol–water partition coefficient (Wildman–Crippen LogP) is 3.06. The first-order chi connectivity index (χ1) is 10.1. The lowest BCUT2D eigenvalue weighted by molar-refractivity contribution is -0.126. The fourth-order valence-corrected chi connectivity index (χ4v) is 3.17. The minimum atomic E-state index is -0.718. The highest BCUT2D eigenvalue weighted by atomic mass is 16.6.